The van der Waals surface area contributed by atoms with E-state index in [2.05, 4.69) is 6.58 Å². The van der Waals surface area contributed by atoms with Gasteiger partial charge < -0.3 is 10.2 Å². The van der Waals surface area contributed by atoms with E-state index < -0.39 is 10.0 Å². The van der Waals surface area contributed by atoms with Gasteiger partial charge in [0.05, 0.1) is 19.0 Å². The van der Waals surface area contributed by atoms with Gasteiger partial charge >= 0.3 is 0 Å². The average Bonchev–Trinajstić information content (AvgIpc) is 2.39. The van der Waals surface area contributed by atoms with Crippen LogP contribution in [0.1, 0.15) is 11.1 Å². The summed E-state index contributed by atoms with van der Waals surface area (Å²) in [5, 5.41) is 17.8. The molecule has 0 aliphatic rings. The minimum atomic E-state index is -3.48. The second-order valence-electron chi connectivity index (χ2n) is 4.10. The number of hydrogen-bond donors (Lipinski definition) is 2. The maximum Gasteiger partial charge on any atom is 0.218 e. The molecule has 0 aliphatic heterocycles. The Morgan fingerprint density at radius 1 is 1.16 bits per heavy atom. The van der Waals surface area contributed by atoms with Gasteiger partial charge in [-0.1, -0.05) is 30.3 Å². The summed E-state index contributed by atoms with van der Waals surface area (Å²) in [6.07, 6.45) is 1.49. The fraction of sp³-hybridized carbons (Fsp3) is 0.385. The molecule has 0 amide bonds. The molecule has 0 saturated carbocycles. The molecule has 0 atom stereocenters. The van der Waals surface area contributed by atoms with Gasteiger partial charge in [-0.3, -0.25) is 0 Å². The summed E-state index contributed by atoms with van der Waals surface area (Å²) in [4.78, 5) is 0. The summed E-state index contributed by atoms with van der Waals surface area (Å²) in [5.41, 5.74) is 1.38. The number of aliphatic hydroxyl groups is 2. The Morgan fingerprint density at radius 2 is 1.74 bits per heavy atom. The van der Waals surface area contributed by atoms with Crippen LogP contribution in [0.2, 0.25) is 0 Å². The van der Waals surface area contributed by atoms with Gasteiger partial charge in [0.1, 0.15) is 0 Å². The van der Waals surface area contributed by atoms with Crippen molar-refractivity contribution in [2.24, 2.45) is 0 Å². The van der Waals surface area contributed by atoms with Crippen LogP contribution >= 0.6 is 0 Å². The highest BCUT2D eigenvalue weighted by Crippen LogP contribution is 2.12. The lowest BCUT2D eigenvalue weighted by molar-refractivity contribution is 0.260. The van der Waals surface area contributed by atoms with Crippen LogP contribution in [0.3, 0.4) is 0 Å². The number of rotatable bonds is 8. The van der Waals surface area contributed by atoms with Crippen LogP contribution in [-0.2, 0) is 22.4 Å². The van der Waals surface area contributed by atoms with Gasteiger partial charge in [0, 0.05) is 13.1 Å². The zero-order valence-electron chi connectivity index (χ0n) is 10.7. The third kappa shape index (κ3) is 4.76. The first-order valence-corrected chi connectivity index (χ1v) is 7.52. The Kier molecular flexibility index (Phi) is 6.17. The molecule has 2 N–H and O–H groups in total. The molecule has 19 heavy (non-hydrogen) atoms. The fourth-order valence-corrected chi connectivity index (χ4v) is 3.13. The Balaban J connectivity index is 2.83. The van der Waals surface area contributed by atoms with E-state index in [1.165, 1.54) is 10.4 Å². The SMILES string of the molecule is C=CCN(CCO)S(=O)(=O)Cc1ccc(CO)cc1. The largest absolute Gasteiger partial charge is 0.395 e. The number of benzene rings is 1. The molecule has 0 spiro atoms. The van der Waals surface area contributed by atoms with Gasteiger partial charge in [0.15, 0.2) is 0 Å². The predicted molar refractivity (Wildman–Crippen MR) is 73.8 cm³/mol. The molecule has 6 heteroatoms. The smallest absolute Gasteiger partial charge is 0.218 e. The second kappa shape index (κ2) is 7.40. The Morgan fingerprint density at radius 3 is 2.21 bits per heavy atom. The maximum atomic E-state index is 12.2. The van der Waals surface area contributed by atoms with Crippen molar-refractivity contribution in [3.63, 3.8) is 0 Å². The molecule has 5 nitrogen and oxygen atoms in total. The van der Waals surface area contributed by atoms with E-state index in [-0.39, 0.29) is 32.1 Å². The van der Waals surface area contributed by atoms with Gasteiger partial charge in [-0.25, -0.2) is 8.42 Å². The van der Waals surface area contributed by atoms with Crippen LogP contribution in [0, 0.1) is 0 Å². The number of hydrogen-bond acceptors (Lipinski definition) is 4. The summed E-state index contributed by atoms with van der Waals surface area (Å²) in [6, 6.07) is 6.73. The van der Waals surface area contributed by atoms with Gasteiger partial charge in [-0.2, -0.15) is 4.31 Å². The molecule has 0 unspecified atom stereocenters. The zero-order valence-corrected chi connectivity index (χ0v) is 11.5. The highest BCUT2D eigenvalue weighted by molar-refractivity contribution is 7.88. The summed E-state index contributed by atoms with van der Waals surface area (Å²) in [7, 11) is -3.48. The van der Waals surface area contributed by atoms with Crippen LogP contribution < -0.4 is 0 Å². The van der Waals surface area contributed by atoms with Crippen molar-refractivity contribution in [2.45, 2.75) is 12.4 Å². The molecule has 1 aromatic rings. The summed E-state index contributed by atoms with van der Waals surface area (Å²) < 4.78 is 25.5. The second-order valence-corrected chi connectivity index (χ2v) is 6.07. The standard InChI is InChI=1S/C13H19NO4S/c1-2-7-14(8-9-15)19(17,18)11-13-5-3-12(10-16)4-6-13/h2-6,15-16H,1,7-11H2. The fourth-order valence-electron chi connectivity index (χ4n) is 1.64. The maximum absolute atomic E-state index is 12.2. The molecule has 0 radical (unpaired) electrons. The lowest BCUT2D eigenvalue weighted by Gasteiger charge is -2.19. The third-order valence-electron chi connectivity index (χ3n) is 2.63. The molecule has 0 aromatic heterocycles. The van der Waals surface area contributed by atoms with Crippen LogP contribution in [0.15, 0.2) is 36.9 Å². The van der Waals surface area contributed by atoms with Crippen molar-refractivity contribution >= 4 is 10.0 Å². The molecule has 0 saturated heterocycles. The van der Waals surface area contributed by atoms with E-state index in [1.54, 1.807) is 24.3 Å². The Labute approximate surface area is 113 Å². The molecule has 0 heterocycles. The van der Waals surface area contributed by atoms with Crippen LogP contribution in [-0.4, -0.2) is 42.6 Å². The predicted octanol–water partition coefficient (Wildman–Crippen LogP) is 0.489. The van der Waals surface area contributed by atoms with Crippen LogP contribution in [0.4, 0.5) is 0 Å². The van der Waals surface area contributed by atoms with Crippen molar-refractivity contribution in [3.8, 4) is 0 Å². The number of nitrogens with zero attached hydrogens (tertiary/aromatic N) is 1. The lowest BCUT2D eigenvalue weighted by atomic mass is 10.2. The van der Waals surface area contributed by atoms with E-state index in [1.807, 2.05) is 0 Å². The Hall–Kier alpha value is -1.21. The van der Waals surface area contributed by atoms with Crippen molar-refractivity contribution in [3.05, 3.63) is 48.0 Å². The number of sulfonamides is 1. The quantitative estimate of drug-likeness (QED) is 0.681. The van der Waals surface area contributed by atoms with E-state index >= 15 is 0 Å². The first-order valence-electron chi connectivity index (χ1n) is 5.91. The minimum Gasteiger partial charge on any atom is -0.395 e. The van der Waals surface area contributed by atoms with Crippen molar-refractivity contribution < 1.29 is 18.6 Å². The van der Waals surface area contributed by atoms with E-state index in [0.29, 0.717) is 5.56 Å². The van der Waals surface area contributed by atoms with Gasteiger partial charge in [-0.05, 0) is 11.1 Å². The summed E-state index contributed by atoms with van der Waals surface area (Å²) in [5.74, 6) is -0.132. The molecule has 106 valence electrons. The monoisotopic (exact) mass is 285 g/mol. The average molecular weight is 285 g/mol. The highest BCUT2D eigenvalue weighted by Gasteiger charge is 2.20. The molecular formula is C13H19NO4S. The number of aliphatic hydroxyl groups excluding tert-OH is 2. The topological polar surface area (TPSA) is 77.8 Å². The normalized spacial score (nSPS) is 11.7. The molecule has 1 rings (SSSR count). The van der Waals surface area contributed by atoms with Gasteiger partial charge in [-0.15, -0.1) is 6.58 Å². The summed E-state index contributed by atoms with van der Waals surface area (Å²) in [6.45, 7) is 3.45. The van der Waals surface area contributed by atoms with Crippen molar-refractivity contribution in [1.82, 2.24) is 4.31 Å². The van der Waals surface area contributed by atoms with Crippen LogP contribution in [0.25, 0.3) is 0 Å². The summed E-state index contributed by atoms with van der Waals surface area (Å²) >= 11 is 0. The van der Waals surface area contributed by atoms with Gasteiger partial charge in [0.2, 0.25) is 10.0 Å². The highest BCUT2D eigenvalue weighted by atomic mass is 32.2. The Bertz CT molecular complexity index is 496. The van der Waals surface area contributed by atoms with Crippen molar-refractivity contribution in [1.29, 1.82) is 0 Å². The first kappa shape index (κ1) is 15.8. The molecule has 0 aliphatic carbocycles. The van der Waals surface area contributed by atoms with E-state index in [9.17, 15) is 8.42 Å². The van der Waals surface area contributed by atoms with E-state index in [4.69, 9.17) is 10.2 Å². The van der Waals surface area contributed by atoms with E-state index in [0.717, 1.165) is 5.56 Å². The van der Waals surface area contributed by atoms with Crippen molar-refractivity contribution in [2.75, 3.05) is 19.7 Å². The minimum absolute atomic E-state index is 0.0586. The third-order valence-corrected chi connectivity index (χ3v) is 4.45. The molecular weight excluding hydrogens is 266 g/mol. The molecule has 0 fully saturated rings. The lowest BCUT2D eigenvalue weighted by Crippen LogP contribution is -2.34. The van der Waals surface area contributed by atoms with Gasteiger partial charge in [0.25, 0.3) is 0 Å². The zero-order chi connectivity index (χ0) is 14.3. The van der Waals surface area contributed by atoms with Crippen LogP contribution in [0.5, 0.6) is 0 Å². The first-order chi connectivity index (χ1) is 9.03. The molecule has 0 bridgehead atoms. The molecule has 1 aromatic carbocycles.